The van der Waals surface area contributed by atoms with Gasteiger partial charge in [0.05, 0.1) is 5.69 Å². The number of nitrogens with zero attached hydrogens (tertiary/aromatic N) is 1. The van der Waals surface area contributed by atoms with E-state index in [1.165, 1.54) is 24.4 Å². The van der Waals surface area contributed by atoms with Crippen LogP contribution in [0.3, 0.4) is 0 Å². The molecule has 0 atom stereocenters. The Labute approximate surface area is 124 Å². The van der Waals surface area contributed by atoms with Gasteiger partial charge in [0.15, 0.2) is 5.03 Å². The lowest BCUT2D eigenvalue weighted by molar-refractivity contribution is 0.595. The highest BCUT2D eigenvalue weighted by Crippen LogP contribution is 2.22. The van der Waals surface area contributed by atoms with Crippen LogP contribution in [0.4, 0.5) is 10.1 Å². The number of aromatic nitrogens is 1. The lowest BCUT2D eigenvalue weighted by atomic mass is 10.3. The van der Waals surface area contributed by atoms with Crippen LogP contribution in [0.15, 0.2) is 46.0 Å². The summed E-state index contributed by atoms with van der Waals surface area (Å²) in [6.45, 7) is 0.265. The molecule has 1 heterocycles. The number of anilines is 1. The molecule has 1 aromatic carbocycles. The van der Waals surface area contributed by atoms with E-state index in [4.69, 9.17) is 5.73 Å². The van der Waals surface area contributed by atoms with Crippen LogP contribution < -0.4 is 10.5 Å². The summed E-state index contributed by atoms with van der Waals surface area (Å²) in [6.07, 6.45) is 1.37. The molecule has 0 aliphatic carbocycles. The zero-order valence-corrected chi connectivity index (χ0v) is 12.6. The molecule has 0 amide bonds. The molecule has 2 aromatic rings. The zero-order chi connectivity index (χ0) is 14.8. The van der Waals surface area contributed by atoms with Crippen LogP contribution in [-0.2, 0) is 16.6 Å². The minimum Gasteiger partial charge on any atom is -0.326 e. The first-order valence-electron chi connectivity index (χ1n) is 5.55. The molecule has 0 aliphatic heterocycles. The molecule has 5 nitrogen and oxygen atoms in total. The van der Waals surface area contributed by atoms with Crippen LogP contribution in [-0.4, -0.2) is 13.4 Å². The van der Waals surface area contributed by atoms with Crippen LogP contribution in [0, 0.1) is 5.82 Å². The highest BCUT2D eigenvalue weighted by atomic mass is 79.9. The summed E-state index contributed by atoms with van der Waals surface area (Å²) in [5, 5.41) is -0.200. The predicted molar refractivity (Wildman–Crippen MR) is 77.0 cm³/mol. The van der Waals surface area contributed by atoms with Gasteiger partial charge in [-0.3, -0.25) is 4.72 Å². The van der Waals surface area contributed by atoms with Crippen molar-refractivity contribution in [1.82, 2.24) is 4.98 Å². The third kappa shape index (κ3) is 3.33. The van der Waals surface area contributed by atoms with Crippen molar-refractivity contribution in [2.45, 2.75) is 11.6 Å². The minimum atomic E-state index is -3.94. The number of nitrogens with one attached hydrogen (secondary N) is 1. The lowest BCUT2D eigenvalue weighted by Gasteiger charge is -2.09. The van der Waals surface area contributed by atoms with Gasteiger partial charge < -0.3 is 5.73 Å². The molecule has 2 rings (SSSR count). The van der Waals surface area contributed by atoms with Crippen LogP contribution in [0.25, 0.3) is 0 Å². The molecule has 0 fully saturated rings. The number of hydrogen-bond acceptors (Lipinski definition) is 4. The fourth-order valence-electron chi connectivity index (χ4n) is 1.46. The maximum Gasteiger partial charge on any atom is 0.279 e. The van der Waals surface area contributed by atoms with E-state index >= 15 is 0 Å². The third-order valence-electron chi connectivity index (χ3n) is 2.48. The van der Waals surface area contributed by atoms with Crippen LogP contribution in [0.1, 0.15) is 5.56 Å². The molecule has 0 bridgehead atoms. The smallest absolute Gasteiger partial charge is 0.279 e. The van der Waals surface area contributed by atoms with E-state index in [9.17, 15) is 12.8 Å². The second-order valence-corrected chi connectivity index (χ2v) is 6.48. The van der Waals surface area contributed by atoms with E-state index in [1.54, 1.807) is 6.07 Å². The highest BCUT2D eigenvalue weighted by molar-refractivity contribution is 9.10. The Morgan fingerprint density at radius 1 is 1.30 bits per heavy atom. The molecule has 1 aromatic heterocycles. The van der Waals surface area contributed by atoms with Gasteiger partial charge in [-0.15, -0.1) is 0 Å². The number of benzene rings is 1. The third-order valence-corrected chi connectivity index (χ3v) is 4.26. The van der Waals surface area contributed by atoms with Crippen LogP contribution in [0.2, 0.25) is 0 Å². The summed E-state index contributed by atoms with van der Waals surface area (Å²) in [5.74, 6) is -0.671. The van der Waals surface area contributed by atoms with Crippen molar-refractivity contribution in [2.75, 3.05) is 4.72 Å². The first kappa shape index (κ1) is 14.9. The van der Waals surface area contributed by atoms with E-state index in [1.807, 2.05) is 0 Å². The molecule has 20 heavy (non-hydrogen) atoms. The topological polar surface area (TPSA) is 85.1 Å². The number of nitrogens with two attached hydrogens (primary N) is 1. The molecule has 106 valence electrons. The quantitative estimate of drug-likeness (QED) is 0.876. The van der Waals surface area contributed by atoms with Crippen molar-refractivity contribution in [3.63, 3.8) is 0 Å². The number of halogens is 2. The average molecular weight is 360 g/mol. The second-order valence-electron chi connectivity index (χ2n) is 3.94. The highest BCUT2D eigenvalue weighted by Gasteiger charge is 2.17. The van der Waals surface area contributed by atoms with Crippen molar-refractivity contribution in [1.29, 1.82) is 0 Å². The van der Waals surface area contributed by atoms with E-state index in [2.05, 4.69) is 25.6 Å². The Hall–Kier alpha value is -1.51. The Morgan fingerprint density at radius 2 is 2.05 bits per heavy atom. The molecule has 3 N–H and O–H groups in total. The van der Waals surface area contributed by atoms with E-state index in [0.29, 0.717) is 10.0 Å². The first-order valence-corrected chi connectivity index (χ1v) is 7.83. The summed E-state index contributed by atoms with van der Waals surface area (Å²) < 4.78 is 40.4. The van der Waals surface area contributed by atoms with Crippen LogP contribution >= 0.6 is 15.9 Å². The van der Waals surface area contributed by atoms with Crippen LogP contribution in [0.5, 0.6) is 0 Å². The Morgan fingerprint density at radius 3 is 2.65 bits per heavy atom. The first-order chi connectivity index (χ1) is 9.42. The maximum atomic E-state index is 13.5. The van der Waals surface area contributed by atoms with Gasteiger partial charge in [-0.05, 0) is 29.8 Å². The number of sulfonamides is 1. The fraction of sp³-hybridized carbons (Fsp3) is 0.0833. The van der Waals surface area contributed by atoms with Gasteiger partial charge in [0.25, 0.3) is 10.0 Å². The fourth-order valence-corrected chi connectivity index (χ4v) is 2.81. The van der Waals surface area contributed by atoms with Gasteiger partial charge in [0.1, 0.15) is 5.82 Å². The molecule has 0 aliphatic rings. The van der Waals surface area contributed by atoms with Gasteiger partial charge in [0, 0.05) is 17.2 Å². The SMILES string of the molecule is NCc1ccc(S(=O)(=O)Nc2cc(Br)ccc2F)nc1. The maximum absolute atomic E-state index is 13.5. The summed E-state index contributed by atoms with van der Waals surface area (Å²) in [5.41, 5.74) is 5.97. The van der Waals surface area contributed by atoms with Gasteiger partial charge in [-0.25, -0.2) is 9.37 Å². The summed E-state index contributed by atoms with van der Waals surface area (Å²) in [6, 6.07) is 6.84. The van der Waals surface area contributed by atoms with Crippen molar-refractivity contribution in [3.05, 3.63) is 52.4 Å². The Bertz CT molecular complexity index is 720. The van der Waals surface area contributed by atoms with E-state index in [0.717, 1.165) is 6.07 Å². The molecule has 0 unspecified atom stereocenters. The second kappa shape index (κ2) is 5.86. The monoisotopic (exact) mass is 359 g/mol. The predicted octanol–water partition coefficient (Wildman–Crippen LogP) is 2.24. The summed E-state index contributed by atoms with van der Waals surface area (Å²) in [7, 11) is -3.94. The molecular weight excluding hydrogens is 349 g/mol. The molecule has 0 saturated carbocycles. The van der Waals surface area contributed by atoms with Gasteiger partial charge in [-0.2, -0.15) is 8.42 Å². The van der Waals surface area contributed by atoms with Crippen molar-refractivity contribution >= 4 is 31.6 Å². The number of rotatable bonds is 4. The van der Waals surface area contributed by atoms with Crippen molar-refractivity contribution in [3.8, 4) is 0 Å². The standard InChI is InChI=1S/C12H11BrFN3O2S/c13-9-2-3-10(14)11(5-9)17-20(18,19)12-4-1-8(6-15)7-16-12/h1-5,7,17H,6,15H2. The number of pyridine rings is 1. The lowest BCUT2D eigenvalue weighted by Crippen LogP contribution is -2.15. The van der Waals surface area contributed by atoms with Gasteiger partial charge in [0.2, 0.25) is 0 Å². The Balaban J connectivity index is 2.32. The minimum absolute atomic E-state index is 0.149. The molecule has 0 radical (unpaired) electrons. The zero-order valence-electron chi connectivity index (χ0n) is 10.2. The molecular formula is C12H11BrFN3O2S. The largest absolute Gasteiger partial charge is 0.326 e. The average Bonchev–Trinajstić information content (AvgIpc) is 2.43. The summed E-state index contributed by atoms with van der Waals surface area (Å²) >= 11 is 3.15. The number of hydrogen-bond donors (Lipinski definition) is 2. The Kier molecular flexibility index (Phi) is 4.36. The molecule has 0 spiro atoms. The molecule has 8 heteroatoms. The summed E-state index contributed by atoms with van der Waals surface area (Å²) in [4.78, 5) is 3.80. The van der Waals surface area contributed by atoms with E-state index in [-0.39, 0.29) is 17.3 Å². The van der Waals surface area contributed by atoms with Crippen molar-refractivity contribution in [2.24, 2.45) is 5.73 Å². The van der Waals surface area contributed by atoms with Gasteiger partial charge >= 0.3 is 0 Å². The molecule has 0 saturated heterocycles. The normalized spacial score (nSPS) is 11.3. The van der Waals surface area contributed by atoms with Gasteiger partial charge in [-0.1, -0.05) is 22.0 Å². The van der Waals surface area contributed by atoms with E-state index < -0.39 is 15.8 Å². The van der Waals surface area contributed by atoms with Crippen molar-refractivity contribution < 1.29 is 12.8 Å².